The normalized spacial score (nSPS) is 11.5. The quantitative estimate of drug-likeness (QED) is 0.163. The van der Waals surface area contributed by atoms with E-state index in [0.717, 1.165) is 78.0 Å². The number of fused-ring (bicyclic) bond motifs is 6. The van der Waals surface area contributed by atoms with Gasteiger partial charge in [0.25, 0.3) is 0 Å². The van der Waals surface area contributed by atoms with Gasteiger partial charge in [0.05, 0.1) is 16.7 Å². The first kappa shape index (κ1) is 32.8. The molecule has 0 N–H and O–H groups in total. The predicted molar refractivity (Wildman–Crippen MR) is 239 cm³/mol. The van der Waals surface area contributed by atoms with Crippen LogP contribution in [-0.2, 0) is 0 Å². The molecule has 0 radical (unpaired) electrons. The van der Waals surface area contributed by atoms with Crippen molar-refractivity contribution in [1.29, 1.82) is 0 Å². The van der Waals surface area contributed by atoms with Crippen LogP contribution in [0.25, 0.3) is 82.8 Å². The number of para-hydroxylation sites is 4. The molecule has 11 aromatic rings. The van der Waals surface area contributed by atoms with Gasteiger partial charge in [-0.25, -0.2) is 0 Å². The summed E-state index contributed by atoms with van der Waals surface area (Å²) in [7, 11) is 0. The number of rotatable bonds is 7. The van der Waals surface area contributed by atoms with E-state index in [-0.39, 0.29) is 0 Å². The lowest BCUT2D eigenvalue weighted by atomic mass is 9.96. The zero-order chi connectivity index (χ0) is 37.7. The van der Waals surface area contributed by atoms with Crippen molar-refractivity contribution in [2.75, 3.05) is 4.90 Å². The molecule has 0 aliphatic carbocycles. The van der Waals surface area contributed by atoms with Crippen molar-refractivity contribution in [3.63, 3.8) is 0 Å². The molecule has 57 heavy (non-hydrogen) atoms. The van der Waals surface area contributed by atoms with Crippen molar-refractivity contribution in [1.82, 2.24) is 4.57 Å². The van der Waals surface area contributed by atoms with Crippen molar-refractivity contribution in [3.05, 3.63) is 218 Å². The van der Waals surface area contributed by atoms with Crippen molar-refractivity contribution >= 4 is 60.8 Å². The molecule has 0 unspecified atom stereocenters. The molecule has 0 amide bonds. The fourth-order valence-electron chi connectivity index (χ4n) is 8.54. The van der Waals surface area contributed by atoms with Crippen molar-refractivity contribution < 1.29 is 4.42 Å². The second-order valence-corrected chi connectivity index (χ2v) is 14.5. The largest absolute Gasteiger partial charge is 0.455 e. The van der Waals surface area contributed by atoms with E-state index in [9.17, 15) is 0 Å². The summed E-state index contributed by atoms with van der Waals surface area (Å²) in [5.74, 6) is 0. The Kier molecular flexibility index (Phi) is 7.82. The Morgan fingerprint density at radius 3 is 1.70 bits per heavy atom. The minimum absolute atomic E-state index is 0.901. The van der Waals surface area contributed by atoms with E-state index < -0.39 is 0 Å². The molecule has 0 fully saturated rings. The van der Waals surface area contributed by atoms with Crippen LogP contribution in [0, 0.1) is 0 Å². The highest BCUT2D eigenvalue weighted by Gasteiger charge is 2.21. The summed E-state index contributed by atoms with van der Waals surface area (Å²) < 4.78 is 8.98. The maximum absolute atomic E-state index is 6.53. The molecule has 0 aliphatic rings. The van der Waals surface area contributed by atoms with Crippen LogP contribution in [0.5, 0.6) is 0 Å². The molecule has 268 valence electrons. The molecule has 9 aromatic carbocycles. The topological polar surface area (TPSA) is 21.3 Å². The second-order valence-electron chi connectivity index (χ2n) is 14.5. The number of anilines is 3. The molecular formula is C54H36N2O. The lowest BCUT2D eigenvalue weighted by Crippen LogP contribution is -2.10. The van der Waals surface area contributed by atoms with E-state index in [1.54, 1.807) is 0 Å². The zero-order valence-electron chi connectivity index (χ0n) is 31.1. The Hall–Kier alpha value is -7.62. The minimum Gasteiger partial charge on any atom is -0.455 e. The second kappa shape index (κ2) is 13.6. The van der Waals surface area contributed by atoms with Crippen LogP contribution in [-0.4, -0.2) is 4.57 Å². The molecule has 2 aromatic heterocycles. The van der Waals surface area contributed by atoms with Crippen LogP contribution in [0.3, 0.4) is 0 Å². The van der Waals surface area contributed by atoms with Crippen LogP contribution in [0.15, 0.2) is 223 Å². The van der Waals surface area contributed by atoms with Crippen LogP contribution >= 0.6 is 0 Å². The first-order valence-electron chi connectivity index (χ1n) is 19.4. The molecule has 2 heterocycles. The van der Waals surface area contributed by atoms with Gasteiger partial charge in [0.1, 0.15) is 11.2 Å². The van der Waals surface area contributed by atoms with Crippen molar-refractivity contribution in [3.8, 4) is 39.1 Å². The van der Waals surface area contributed by atoms with Gasteiger partial charge in [-0.1, -0.05) is 158 Å². The summed E-state index contributed by atoms with van der Waals surface area (Å²) in [5, 5.41) is 4.68. The average Bonchev–Trinajstić information content (AvgIpc) is 3.83. The lowest BCUT2D eigenvalue weighted by Gasteiger charge is -2.26. The van der Waals surface area contributed by atoms with Gasteiger partial charge in [0.15, 0.2) is 0 Å². The number of hydrogen-bond donors (Lipinski definition) is 0. The minimum atomic E-state index is 0.901. The van der Waals surface area contributed by atoms with Crippen LogP contribution < -0.4 is 4.90 Å². The summed E-state index contributed by atoms with van der Waals surface area (Å²) in [4.78, 5) is 2.35. The van der Waals surface area contributed by atoms with Gasteiger partial charge in [-0.05, 0) is 82.9 Å². The number of hydrogen-bond acceptors (Lipinski definition) is 2. The molecule has 0 saturated heterocycles. The Labute approximate surface area is 330 Å². The van der Waals surface area contributed by atoms with Crippen molar-refractivity contribution in [2.45, 2.75) is 0 Å². The number of aromatic nitrogens is 1. The van der Waals surface area contributed by atoms with E-state index >= 15 is 0 Å². The molecule has 0 atom stereocenters. The Morgan fingerprint density at radius 2 is 0.912 bits per heavy atom. The maximum atomic E-state index is 6.53. The summed E-state index contributed by atoms with van der Waals surface area (Å²) in [6, 6.07) is 78.1. The average molecular weight is 729 g/mol. The lowest BCUT2D eigenvalue weighted by molar-refractivity contribution is 0.670. The van der Waals surface area contributed by atoms with Gasteiger partial charge in [0.2, 0.25) is 0 Å². The zero-order valence-corrected chi connectivity index (χ0v) is 31.1. The molecule has 3 heteroatoms. The third-order valence-corrected chi connectivity index (χ3v) is 11.2. The van der Waals surface area contributed by atoms with Gasteiger partial charge >= 0.3 is 0 Å². The van der Waals surface area contributed by atoms with Crippen molar-refractivity contribution in [2.24, 2.45) is 0 Å². The number of benzene rings is 9. The summed E-state index contributed by atoms with van der Waals surface area (Å²) in [6.45, 7) is 0. The first-order valence-corrected chi connectivity index (χ1v) is 19.4. The fraction of sp³-hybridized carbons (Fsp3) is 0. The molecule has 11 rings (SSSR count). The number of nitrogens with zero attached hydrogens (tertiary/aromatic N) is 2. The Morgan fingerprint density at radius 1 is 0.333 bits per heavy atom. The van der Waals surface area contributed by atoms with Gasteiger partial charge in [0, 0.05) is 49.7 Å². The van der Waals surface area contributed by atoms with E-state index in [1.165, 1.54) is 21.9 Å². The van der Waals surface area contributed by atoms with E-state index in [4.69, 9.17) is 4.42 Å². The summed E-state index contributed by atoms with van der Waals surface area (Å²) >= 11 is 0. The summed E-state index contributed by atoms with van der Waals surface area (Å²) in [6.07, 6.45) is 0. The molecule has 3 nitrogen and oxygen atoms in total. The Bertz CT molecular complexity index is 3220. The van der Waals surface area contributed by atoms with Crippen LogP contribution in [0.2, 0.25) is 0 Å². The molecule has 0 saturated carbocycles. The highest BCUT2D eigenvalue weighted by atomic mass is 16.3. The highest BCUT2D eigenvalue weighted by molar-refractivity contribution is 6.12. The smallest absolute Gasteiger partial charge is 0.143 e. The molecule has 0 spiro atoms. The standard InChI is InChI=1S/C54H36N2O/c1-4-15-37(16-5-1)38-27-30-42(31-28-38)55(41-19-8-3-9-20-41)43-32-33-46-45-21-10-12-25-50(45)56(52(46)36-43)51-34-29-40(35-49(51)39-17-6-2-7-18-39)44-23-14-24-48-47-22-11-13-26-53(47)57-54(44)48/h1-36H. The third kappa shape index (κ3) is 5.60. The fourth-order valence-corrected chi connectivity index (χ4v) is 8.54. The molecule has 0 aliphatic heterocycles. The highest BCUT2D eigenvalue weighted by Crippen LogP contribution is 2.43. The first-order chi connectivity index (χ1) is 28.3. The molecular weight excluding hydrogens is 693 g/mol. The van der Waals surface area contributed by atoms with E-state index in [1.807, 2.05) is 12.1 Å². The SMILES string of the molecule is c1ccc(-c2ccc(N(c3ccccc3)c3ccc4c5ccccc5n(-c5ccc(-c6cccc7c6oc6ccccc67)cc5-c5ccccc5)c4c3)cc2)cc1. The van der Waals surface area contributed by atoms with E-state index in [0.29, 0.717) is 0 Å². The summed E-state index contributed by atoms with van der Waals surface area (Å²) in [5.41, 5.74) is 15.4. The van der Waals surface area contributed by atoms with Gasteiger partial charge < -0.3 is 13.9 Å². The monoisotopic (exact) mass is 728 g/mol. The number of furan rings is 1. The van der Waals surface area contributed by atoms with Crippen LogP contribution in [0.4, 0.5) is 17.1 Å². The van der Waals surface area contributed by atoms with Crippen LogP contribution in [0.1, 0.15) is 0 Å². The maximum Gasteiger partial charge on any atom is 0.143 e. The van der Waals surface area contributed by atoms with E-state index in [2.05, 4.69) is 216 Å². The van der Waals surface area contributed by atoms with Gasteiger partial charge in [-0.3, -0.25) is 0 Å². The third-order valence-electron chi connectivity index (χ3n) is 11.2. The Balaban J connectivity index is 1.12. The van der Waals surface area contributed by atoms with Gasteiger partial charge in [-0.15, -0.1) is 0 Å². The predicted octanol–water partition coefficient (Wildman–Crippen LogP) is 15.2. The van der Waals surface area contributed by atoms with Gasteiger partial charge in [-0.2, -0.15) is 0 Å². The molecule has 0 bridgehead atoms.